The van der Waals surface area contributed by atoms with E-state index in [0.29, 0.717) is 30.2 Å². The van der Waals surface area contributed by atoms with Gasteiger partial charge < -0.3 is 19.2 Å². The minimum absolute atomic E-state index is 0.111. The van der Waals surface area contributed by atoms with E-state index in [1.807, 2.05) is 54.6 Å². The average molecular weight is 627 g/mol. The Bertz CT molecular complexity index is 1400. The van der Waals surface area contributed by atoms with Crippen LogP contribution in [0, 0.1) is 3.57 Å². The maximum Gasteiger partial charge on any atom is 0.255 e. The molecular weight excluding hydrogens is 599 g/mol. The fourth-order valence-electron chi connectivity index (χ4n) is 4.36. The van der Waals surface area contributed by atoms with Crippen LogP contribution in [0.3, 0.4) is 0 Å². The summed E-state index contributed by atoms with van der Waals surface area (Å²) in [6, 6.07) is 17.6. The number of carbonyl (C=O) groups excluding carboxylic acids is 1. The highest BCUT2D eigenvalue weighted by molar-refractivity contribution is 14.1. The second kappa shape index (κ2) is 12.0. The zero-order chi connectivity index (χ0) is 25.6. The van der Waals surface area contributed by atoms with Crippen LogP contribution in [0.5, 0.6) is 11.5 Å². The Morgan fingerprint density at radius 1 is 1.16 bits per heavy atom. The first kappa shape index (κ1) is 25.5. The van der Waals surface area contributed by atoms with Gasteiger partial charge in [-0.05, 0) is 89.2 Å². The molecule has 2 aromatic heterocycles. The Morgan fingerprint density at radius 2 is 2.00 bits per heavy atom. The summed E-state index contributed by atoms with van der Waals surface area (Å²) in [5, 5.41) is 3.74. The number of furan rings is 1. The number of fused-ring (bicyclic) bond motifs is 1. The van der Waals surface area contributed by atoms with Gasteiger partial charge in [0.15, 0.2) is 11.5 Å². The number of aliphatic imine (C=N–C) groups is 1. The van der Waals surface area contributed by atoms with E-state index >= 15 is 0 Å². The molecule has 0 bridgehead atoms. The molecule has 0 spiro atoms. The molecule has 1 N–H and O–H groups in total. The number of benzene rings is 2. The molecule has 1 aliphatic rings. The molecule has 8 heteroatoms. The van der Waals surface area contributed by atoms with Gasteiger partial charge in [-0.25, -0.2) is 4.99 Å². The molecular formula is C29H27IN2O4S. The highest BCUT2D eigenvalue weighted by Crippen LogP contribution is 2.40. The molecule has 1 aliphatic carbocycles. The number of nitrogens with one attached hydrogen (secondary N) is 1. The van der Waals surface area contributed by atoms with Crippen molar-refractivity contribution in [3.8, 4) is 11.5 Å². The normalized spacial score (nSPS) is 12.9. The number of hydrogen-bond acceptors (Lipinski definition) is 6. The quantitative estimate of drug-likeness (QED) is 0.159. The summed E-state index contributed by atoms with van der Waals surface area (Å²) in [5.74, 6) is 1.96. The number of nitrogens with zero attached hydrogens (tertiary/aromatic N) is 1. The van der Waals surface area contributed by atoms with Gasteiger partial charge >= 0.3 is 0 Å². The first-order valence-corrected chi connectivity index (χ1v) is 14.1. The van der Waals surface area contributed by atoms with Crippen LogP contribution in [0.25, 0.3) is 0 Å². The first-order valence-electron chi connectivity index (χ1n) is 12.2. The molecule has 0 fully saturated rings. The second-order valence-electron chi connectivity index (χ2n) is 8.72. The van der Waals surface area contributed by atoms with Gasteiger partial charge in [-0.15, -0.1) is 11.3 Å². The van der Waals surface area contributed by atoms with Crippen LogP contribution >= 0.6 is 33.9 Å². The smallest absolute Gasteiger partial charge is 0.255 e. The van der Waals surface area contributed by atoms with Gasteiger partial charge in [0, 0.05) is 11.1 Å². The lowest BCUT2D eigenvalue weighted by molar-refractivity contribution is 0.0948. The largest absolute Gasteiger partial charge is 0.493 e. The van der Waals surface area contributed by atoms with E-state index in [0.717, 1.165) is 56.7 Å². The van der Waals surface area contributed by atoms with Crippen molar-refractivity contribution in [3.05, 3.63) is 97.3 Å². The summed E-state index contributed by atoms with van der Waals surface area (Å²) in [6.07, 6.45) is 7.54. The van der Waals surface area contributed by atoms with Crippen LogP contribution in [0.2, 0.25) is 0 Å². The van der Waals surface area contributed by atoms with E-state index in [1.54, 1.807) is 30.9 Å². The number of rotatable bonds is 9. The standard InChI is InChI=1S/C29H27IN2O4S/c1-34-24-15-20(14-23(30)27(24)36-18-19-8-3-2-4-9-19)16-32-29-26(22-11-5-6-12-25(22)37-29)28(33)31-17-21-10-7-13-35-21/h2-4,7-10,13-16H,5-6,11-12,17-18H2,1H3,(H,31,33)/b32-16-. The lowest BCUT2D eigenvalue weighted by Crippen LogP contribution is -2.23. The highest BCUT2D eigenvalue weighted by atomic mass is 127. The zero-order valence-electron chi connectivity index (χ0n) is 20.5. The zero-order valence-corrected chi connectivity index (χ0v) is 23.4. The van der Waals surface area contributed by atoms with Crippen molar-refractivity contribution >= 4 is 51.1 Å². The summed E-state index contributed by atoms with van der Waals surface area (Å²) in [4.78, 5) is 19.3. The van der Waals surface area contributed by atoms with Crippen LogP contribution in [-0.2, 0) is 26.0 Å². The van der Waals surface area contributed by atoms with Crippen molar-refractivity contribution in [2.24, 2.45) is 4.99 Å². The monoisotopic (exact) mass is 626 g/mol. The molecule has 2 heterocycles. The molecule has 0 aliphatic heterocycles. The van der Waals surface area contributed by atoms with Gasteiger partial charge in [0.1, 0.15) is 17.4 Å². The minimum Gasteiger partial charge on any atom is -0.493 e. The SMILES string of the molecule is COc1cc(/C=N\c2sc3c(c2C(=O)NCc2ccco2)CCCC3)cc(I)c1OCc1ccccc1. The third-order valence-electron chi connectivity index (χ3n) is 6.19. The van der Waals surface area contributed by atoms with E-state index in [9.17, 15) is 4.79 Å². The number of halogens is 1. The number of amides is 1. The molecule has 6 nitrogen and oxygen atoms in total. The second-order valence-corrected chi connectivity index (χ2v) is 11.0. The number of aryl methyl sites for hydroxylation is 1. The fraction of sp³-hybridized carbons (Fsp3) is 0.241. The van der Waals surface area contributed by atoms with Crippen molar-refractivity contribution in [1.82, 2.24) is 5.32 Å². The third-order valence-corrected chi connectivity index (χ3v) is 8.19. The Morgan fingerprint density at radius 3 is 2.78 bits per heavy atom. The Hall–Kier alpha value is -3.11. The number of carbonyl (C=O) groups is 1. The number of methoxy groups -OCH3 is 1. The van der Waals surface area contributed by atoms with Gasteiger partial charge in [0.2, 0.25) is 0 Å². The minimum atomic E-state index is -0.111. The summed E-state index contributed by atoms with van der Waals surface area (Å²) in [7, 11) is 1.64. The van der Waals surface area contributed by atoms with Crippen molar-refractivity contribution < 1.29 is 18.7 Å². The average Bonchev–Trinajstić information content (AvgIpc) is 3.58. The van der Waals surface area contributed by atoms with Gasteiger partial charge in [-0.3, -0.25) is 4.79 Å². The molecule has 0 atom stereocenters. The number of thiophene rings is 1. The maximum atomic E-state index is 13.2. The Kier molecular flexibility index (Phi) is 8.25. The molecule has 2 aromatic carbocycles. The molecule has 37 heavy (non-hydrogen) atoms. The summed E-state index contributed by atoms with van der Waals surface area (Å²) >= 11 is 3.87. The van der Waals surface area contributed by atoms with E-state index in [1.165, 1.54) is 4.88 Å². The molecule has 1 amide bonds. The molecule has 190 valence electrons. The molecule has 4 aromatic rings. The van der Waals surface area contributed by atoms with Crippen molar-refractivity contribution in [2.75, 3.05) is 7.11 Å². The van der Waals surface area contributed by atoms with Crippen LogP contribution in [0.1, 0.15) is 50.5 Å². The van der Waals surface area contributed by atoms with E-state index in [-0.39, 0.29) is 5.91 Å². The lowest BCUT2D eigenvalue weighted by Gasteiger charge is -2.13. The van der Waals surface area contributed by atoms with Gasteiger partial charge in [0.25, 0.3) is 5.91 Å². The van der Waals surface area contributed by atoms with Gasteiger partial charge in [-0.2, -0.15) is 0 Å². The first-order chi connectivity index (χ1) is 18.1. The van der Waals surface area contributed by atoms with Gasteiger partial charge in [-0.1, -0.05) is 30.3 Å². The molecule has 5 rings (SSSR count). The van der Waals surface area contributed by atoms with Crippen molar-refractivity contribution in [3.63, 3.8) is 0 Å². The Labute approximate surface area is 233 Å². The van der Waals surface area contributed by atoms with Crippen molar-refractivity contribution in [1.29, 1.82) is 0 Å². The molecule has 0 saturated carbocycles. The van der Waals surface area contributed by atoms with Crippen LogP contribution in [0.15, 0.2) is 70.3 Å². The molecule has 0 saturated heterocycles. The van der Waals surface area contributed by atoms with E-state index < -0.39 is 0 Å². The van der Waals surface area contributed by atoms with E-state index in [4.69, 9.17) is 18.9 Å². The third kappa shape index (κ3) is 6.07. The highest BCUT2D eigenvalue weighted by Gasteiger charge is 2.25. The summed E-state index contributed by atoms with van der Waals surface area (Å²) in [5.41, 5.74) is 3.79. The van der Waals surface area contributed by atoms with Crippen molar-refractivity contribution in [2.45, 2.75) is 38.8 Å². The van der Waals surface area contributed by atoms with Crippen LogP contribution < -0.4 is 14.8 Å². The number of ether oxygens (including phenoxy) is 2. The van der Waals surface area contributed by atoms with E-state index in [2.05, 4.69) is 27.9 Å². The topological polar surface area (TPSA) is 73.1 Å². The maximum absolute atomic E-state index is 13.2. The van der Waals surface area contributed by atoms with Crippen LogP contribution in [0.4, 0.5) is 5.00 Å². The predicted molar refractivity (Wildman–Crippen MR) is 155 cm³/mol. The van der Waals surface area contributed by atoms with Crippen LogP contribution in [-0.4, -0.2) is 19.2 Å². The van der Waals surface area contributed by atoms with Gasteiger partial charge in [0.05, 0.1) is 29.1 Å². The fourth-order valence-corrected chi connectivity index (χ4v) is 6.37. The predicted octanol–water partition coefficient (Wildman–Crippen LogP) is 7.09. The molecule has 0 unspecified atom stereocenters. The Balaban J connectivity index is 1.38. The lowest BCUT2D eigenvalue weighted by atomic mass is 9.95. The number of hydrogen-bond donors (Lipinski definition) is 1. The summed E-state index contributed by atoms with van der Waals surface area (Å²) < 4.78 is 18.0. The summed E-state index contributed by atoms with van der Waals surface area (Å²) in [6.45, 7) is 0.803. The molecule has 0 radical (unpaired) electrons.